The summed E-state index contributed by atoms with van der Waals surface area (Å²) in [6, 6.07) is 8.60. The number of halogens is 1. The molecule has 142 valence electrons. The van der Waals surface area contributed by atoms with Crippen LogP contribution >= 0.6 is 27.7 Å². The fraction of sp³-hybridized carbons (Fsp3) is 0. The van der Waals surface area contributed by atoms with Crippen molar-refractivity contribution in [3.63, 3.8) is 0 Å². The summed E-state index contributed by atoms with van der Waals surface area (Å²) in [5.41, 5.74) is -1.04. The van der Waals surface area contributed by atoms with Crippen molar-refractivity contribution in [2.45, 2.75) is 0 Å². The molecule has 12 heteroatoms. The Balaban J connectivity index is 1.97. The van der Waals surface area contributed by atoms with Crippen LogP contribution in [-0.2, 0) is 4.79 Å². The average Bonchev–Trinajstić information content (AvgIpc) is 2.97. The van der Waals surface area contributed by atoms with Crippen molar-refractivity contribution in [1.82, 2.24) is 5.32 Å². The van der Waals surface area contributed by atoms with E-state index in [9.17, 15) is 30.1 Å². The van der Waals surface area contributed by atoms with Gasteiger partial charge in [-0.25, -0.2) is 4.99 Å². The monoisotopic (exact) mass is 464 g/mol. The Bertz CT molecular complexity index is 1070. The number of amides is 1. The molecule has 3 rings (SSSR count). The van der Waals surface area contributed by atoms with Gasteiger partial charge in [0.2, 0.25) is 5.75 Å². The number of nitrogens with one attached hydrogen (secondary N) is 1. The van der Waals surface area contributed by atoms with Gasteiger partial charge in [-0.3, -0.25) is 25.0 Å². The van der Waals surface area contributed by atoms with Crippen LogP contribution in [0.3, 0.4) is 0 Å². The van der Waals surface area contributed by atoms with E-state index < -0.39 is 32.9 Å². The van der Waals surface area contributed by atoms with Crippen LogP contribution in [0.15, 0.2) is 50.8 Å². The normalized spacial score (nSPS) is 16.4. The number of carbonyl (C=O) groups excluding carboxylic acids is 1. The number of nitrogens with zero attached hydrogens (tertiary/aromatic N) is 3. The second kappa shape index (κ2) is 7.78. The lowest BCUT2D eigenvalue weighted by molar-refractivity contribution is -0.394. The molecule has 0 unspecified atom stereocenters. The maximum absolute atomic E-state index is 12.1. The molecule has 0 aliphatic carbocycles. The summed E-state index contributed by atoms with van der Waals surface area (Å²) in [7, 11) is 0. The standard InChI is InChI=1S/C16H9BrN4O6S/c17-9-1-3-10(4-2-9)18-16-19-15(23)13(28-16)6-8-5-11(20(24)25)7-12(14(8)22)21(26)27/h1-7,22H,(H,18,19,23)/b13-6-. The Labute approximate surface area is 169 Å². The number of non-ortho nitro benzene ring substituents is 1. The van der Waals surface area contributed by atoms with Crippen LogP contribution < -0.4 is 5.32 Å². The van der Waals surface area contributed by atoms with Crippen LogP contribution in [0.25, 0.3) is 6.08 Å². The van der Waals surface area contributed by atoms with Gasteiger partial charge >= 0.3 is 5.69 Å². The summed E-state index contributed by atoms with van der Waals surface area (Å²) >= 11 is 4.24. The lowest BCUT2D eigenvalue weighted by Crippen LogP contribution is -2.19. The predicted molar refractivity (Wildman–Crippen MR) is 106 cm³/mol. The number of benzene rings is 2. The number of hydrogen-bond acceptors (Lipinski definition) is 8. The molecule has 10 nitrogen and oxygen atoms in total. The molecule has 1 amide bonds. The summed E-state index contributed by atoms with van der Waals surface area (Å²) in [5.74, 6) is -1.32. The van der Waals surface area contributed by atoms with E-state index in [1.165, 1.54) is 0 Å². The van der Waals surface area contributed by atoms with Gasteiger partial charge in [0, 0.05) is 16.1 Å². The highest BCUT2D eigenvalue weighted by Crippen LogP contribution is 2.37. The third-order valence-electron chi connectivity index (χ3n) is 3.51. The maximum Gasteiger partial charge on any atom is 0.318 e. The second-order valence-electron chi connectivity index (χ2n) is 5.38. The Morgan fingerprint density at radius 3 is 2.43 bits per heavy atom. The minimum Gasteiger partial charge on any atom is -0.502 e. The van der Waals surface area contributed by atoms with Gasteiger partial charge in [0.25, 0.3) is 11.6 Å². The average molecular weight is 465 g/mol. The highest BCUT2D eigenvalue weighted by Gasteiger charge is 2.27. The fourth-order valence-corrected chi connectivity index (χ4v) is 3.33. The number of phenols is 1. The van der Waals surface area contributed by atoms with Gasteiger partial charge in [-0.1, -0.05) is 15.9 Å². The van der Waals surface area contributed by atoms with Gasteiger partial charge in [0.05, 0.1) is 26.5 Å². The first kappa shape index (κ1) is 19.5. The zero-order valence-electron chi connectivity index (χ0n) is 13.7. The zero-order chi connectivity index (χ0) is 20.4. The van der Waals surface area contributed by atoms with Crippen LogP contribution in [-0.4, -0.2) is 26.0 Å². The van der Waals surface area contributed by atoms with Crippen LogP contribution in [0.4, 0.5) is 17.1 Å². The maximum atomic E-state index is 12.1. The van der Waals surface area contributed by atoms with Gasteiger partial charge in [0.1, 0.15) is 0 Å². The van der Waals surface area contributed by atoms with E-state index in [1.807, 2.05) is 0 Å². The Morgan fingerprint density at radius 2 is 1.82 bits per heavy atom. The molecule has 1 aliphatic rings. The van der Waals surface area contributed by atoms with Crippen molar-refractivity contribution in [3.05, 3.63) is 71.6 Å². The molecule has 1 fully saturated rings. The molecular formula is C16H9BrN4O6S. The molecule has 0 bridgehead atoms. The zero-order valence-corrected chi connectivity index (χ0v) is 16.1. The van der Waals surface area contributed by atoms with Crippen LogP contribution in [0, 0.1) is 20.2 Å². The summed E-state index contributed by atoms with van der Waals surface area (Å²) in [6.45, 7) is 0. The SMILES string of the molecule is O=C1NC(=Nc2ccc(Br)cc2)S/C1=C\c1cc([N+](=O)[O-])cc([N+](=O)[O-])c1O. The number of nitro benzene ring substituents is 2. The lowest BCUT2D eigenvalue weighted by Gasteiger charge is -2.02. The largest absolute Gasteiger partial charge is 0.502 e. The number of nitro groups is 2. The van der Waals surface area contributed by atoms with Crippen molar-refractivity contribution in [1.29, 1.82) is 0 Å². The number of rotatable bonds is 4. The van der Waals surface area contributed by atoms with E-state index in [-0.39, 0.29) is 15.6 Å². The molecule has 0 aromatic heterocycles. The molecule has 0 spiro atoms. The number of hydrogen-bond donors (Lipinski definition) is 2. The highest BCUT2D eigenvalue weighted by atomic mass is 79.9. The molecule has 0 saturated carbocycles. The lowest BCUT2D eigenvalue weighted by atomic mass is 10.1. The number of aromatic hydroxyl groups is 1. The number of carbonyl (C=O) groups is 1. The predicted octanol–water partition coefficient (Wildman–Crippen LogP) is 3.86. The van der Waals surface area contributed by atoms with Crippen molar-refractivity contribution in [3.8, 4) is 5.75 Å². The molecule has 0 atom stereocenters. The van der Waals surface area contributed by atoms with Gasteiger partial charge in [-0.15, -0.1) is 0 Å². The third-order valence-corrected chi connectivity index (χ3v) is 4.94. The molecule has 1 heterocycles. The topological polar surface area (TPSA) is 148 Å². The summed E-state index contributed by atoms with van der Waals surface area (Å²) in [4.78, 5) is 36.7. The van der Waals surface area contributed by atoms with Crippen molar-refractivity contribution >= 4 is 61.9 Å². The third kappa shape index (κ3) is 4.18. The van der Waals surface area contributed by atoms with E-state index in [1.54, 1.807) is 24.3 Å². The first-order valence-corrected chi connectivity index (χ1v) is 9.06. The van der Waals surface area contributed by atoms with Gasteiger partial charge in [0.15, 0.2) is 5.17 Å². The quantitative estimate of drug-likeness (QED) is 0.396. The molecule has 1 aliphatic heterocycles. The Kier molecular flexibility index (Phi) is 5.42. The Hall–Kier alpha value is -3.25. The van der Waals surface area contributed by atoms with Crippen LogP contribution in [0.1, 0.15) is 5.56 Å². The molecule has 2 aromatic carbocycles. The second-order valence-corrected chi connectivity index (χ2v) is 7.32. The van der Waals surface area contributed by atoms with Gasteiger partial charge in [-0.05, 0) is 42.1 Å². The molecular weight excluding hydrogens is 456 g/mol. The molecule has 0 radical (unpaired) electrons. The van der Waals surface area contributed by atoms with Crippen molar-refractivity contribution in [2.75, 3.05) is 0 Å². The van der Waals surface area contributed by atoms with E-state index in [0.717, 1.165) is 28.4 Å². The minimum atomic E-state index is -0.938. The van der Waals surface area contributed by atoms with E-state index in [2.05, 4.69) is 26.2 Å². The van der Waals surface area contributed by atoms with E-state index >= 15 is 0 Å². The highest BCUT2D eigenvalue weighted by molar-refractivity contribution is 9.10. The number of aliphatic imine (C=N–C) groups is 1. The van der Waals surface area contributed by atoms with Crippen molar-refractivity contribution < 1.29 is 19.7 Å². The summed E-state index contributed by atoms with van der Waals surface area (Å²) in [6.07, 6.45) is 1.14. The minimum absolute atomic E-state index is 0.0703. The van der Waals surface area contributed by atoms with Gasteiger partial charge < -0.3 is 10.4 Å². The van der Waals surface area contributed by atoms with E-state index in [4.69, 9.17) is 0 Å². The van der Waals surface area contributed by atoms with Crippen molar-refractivity contribution in [2.24, 2.45) is 4.99 Å². The van der Waals surface area contributed by atoms with E-state index in [0.29, 0.717) is 11.8 Å². The number of thioether (sulfide) groups is 1. The fourth-order valence-electron chi connectivity index (χ4n) is 2.23. The van der Waals surface area contributed by atoms with Crippen LogP contribution in [0.5, 0.6) is 5.75 Å². The van der Waals surface area contributed by atoms with Gasteiger partial charge in [-0.2, -0.15) is 0 Å². The Morgan fingerprint density at radius 1 is 1.14 bits per heavy atom. The summed E-state index contributed by atoms with van der Waals surface area (Å²) < 4.78 is 0.864. The first-order valence-electron chi connectivity index (χ1n) is 7.45. The first-order chi connectivity index (χ1) is 13.2. The van der Waals surface area contributed by atoms with Crippen LogP contribution in [0.2, 0.25) is 0 Å². The summed E-state index contributed by atoms with van der Waals surface area (Å²) in [5, 5.41) is 34.9. The smallest absolute Gasteiger partial charge is 0.318 e. The number of phenolic OH excluding ortho intramolecular Hbond substituents is 1. The number of amidine groups is 1. The molecule has 2 aromatic rings. The molecule has 1 saturated heterocycles. The molecule has 2 N–H and O–H groups in total. The molecule has 28 heavy (non-hydrogen) atoms.